The second-order valence-electron chi connectivity index (χ2n) is 6.59. The first-order valence-electron chi connectivity index (χ1n) is 8.98. The molecule has 0 spiro atoms. The molecular formula is C21H18ClN3O2S. The number of aromatic nitrogens is 1. The minimum atomic E-state index is -0.219. The molecule has 5 nitrogen and oxygen atoms in total. The largest absolute Gasteiger partial charge is 0.338 e. The van der Waals surface area contributed by atoms with Gasteiger partial charge in [-0.3, -0.25) is 14.9 Å². The summed E-state index contributed by atoms with van der Waals surface area (Å²) in [5, 5.41) is 5.84. The van der Waals surface area contributed by atoms with Crippen molar-refractivity contribution in [2.24, 2.45) is 0 Å². The highest BCUT2D eigenvalue weighted by atomic mass is 35.5. The summed E-state index contributed by atoms with van der Waals surface area (Å²) in [7, 11) is 0. The number of rotatable bonds is 5. The van der Waals surface area contributed by atoms with E-state index in [0.717, 1.165) is 29.8 Å². The molecule has 1 aromatic heterocycles. The fraction of sp³-hybridized carbons (Fsp3) is 0.190. The highest BCUT2D eigenvalue weighted by Gasteiger charge is 2.20. The maximum Gasteiger partial charge on any atom is 0.257 e. The van der Waals surface area contributed by atoms with Gasteiger partial charge in [-0.2, -0.15) is 0 Å². The SMILES string of the molecule is O=C(Nc1nc(-c2ccccc2Cl)cs1)c1ccc(CN2CCCC2=O)cc1. The van der Waals surface area contributed by atoms with Crippen LogP contribution in [0.5, 0.6) is 0 Å². The fourth-order valence-electron chi connectivity index (χ4n) is 3.15. The first-order valence-corrected chi connectivity index (χ1v) is 10.2. The molecule has 2 aromatic carbocycles. The van der Waals surface area contributed by atoms with E-state index in [0.29, 0.717) is 28.7 Å². The maximum absolute atomic E-state index is 12.5. The summed E-state index contributed by atoms with van der Waals surface area (Å²) in [5.41, 5.74) is 3.13. The molecule has 28 heavy (non-hydrogen) atoms. The van der Waals surface area contributed by atoms with Gasteiger partial charge in [-0.05, 0) is 30.2 Å². The summed E-state index contributed by atoms with van der Waals surface area (Å²) in [4.78, 5) is 30.5. The highest BCUT2D eigenvalue weighted by molar-refractivity contribution is 7.14. The molecule has 2 amide bonds. The van der Waals surface area contributed by atoms with Crippen LogP contribution in [-0.4, -0.2) is 28.2 Å². The zero-order chi connectivity index (χ0) is 19.5. The summed E-state index contributed by atoms with van der Waals surface area (Å²) in [6, 6.07) is 14.8. The Bertz CT molecular complexity index is 1020. The van der Waals surface area contributed by atoms with Crippen LogP contribution in [0, 0.1) is 0 Å². The summed E-state index contributed by atoms with van der Waals surface area (Å²) in [6.07, 6.45) is 1.55. The lowest BCUT2D eigenvalue weighted by Gasteiger charge is -2.15. The van der Waals surface area contributed by atoms with E-state index < -0.39 is 0 Å². The smallest absolute Gasteiger partial charge is 0.257 e. The van der Waals surface area contributed by atoms with Crippen LogP contribution in [0.15, 0.2) is 53.9 Å². The van der Waals surface area contributed by atoms with E-state index in [-0.39, 0.29) is 11.8 Å². The number of nitrogens with zero attached hydrogens (tertiary/aromatic N) is 2. The third-order valence-corrected chi connectivity index (χ3v) is 5.72. The van der Waals surface area contributed by atoms with Crippen molar-refractivity contribution < 1.29 is 9.59 Å². The number of halogens is 1. The van der Waals surface area contributed by atoms with E-state index in [9.17, 15) is 9.59 Å². The molecule has 4 rings (SSSR count). The van der Waals surface area contributed by atoms with Crippen LogP contribution >= 0.6 is 22.9 Å². The maximum atomic E-state index is 12.5. The van der Waals surface area contributed by atoms with Gasteiger partial charge in [0, 0.05) is 41.0 Å². The third-order valence-electron chi connectivity index (χ3n) is 4.64. The Morgan fingerprint density at radius 1 is 1.18 bits per heavy atom. The van der Waals surface area contributed by atoms with E-state index in [2.05, 4.69) is 10.3 Å². The second-order valence-corrected chi connectivity index (χ2v) is 7.85. The minimum Gasteiger partial charge on any atom is -0.338 e. The number of hydrogen-bond donors (Lipinski definition) is 1. The molecule has 1 N–H and O–H groups in total. The van der Waals surface area contributed by atoms with Crippen LogP contribution < -0.4 is 5.32 Å². The van der Waals surface area contributed by atoms with Gasteiger partial charge in [0.05, 0.1) is 5.69 Å². The molecular weight excluding hydrogens is 394 g/mol. The normalized spacial score (nSPS) is 13.8. The summed E-state index contributed by atoms with van der Waals surface area (Å²) in [6.45, 7) is 1.40. The topological polar surface area (TPSA) is 62.3 Å². The molecule has 1 fully saturated rings. The van der Waals surface area contributed by atoms with Crippen LogP contribution in [0.3, 0.4) is 0 Å². The third kappa shape index (κ3) is 4.08. The number of likely N-dealkylation sites (tertiary alicyclic amines) is 1. The van der Waals surface area contributed by atoms with Gasteiger partial charge in [0.25, 0.3) is 5.91 Å². The number of thiazole rings is 1. The Kier molecular flexibility index (Phi) is 5.41. The Labute approximate surface area is 172 Å². The van der Waals surface area contributed by atoms with E-state index in [1.54, 1.807) is 12.1 Å². The monoisotopic (exact) mass is 411 g/mol. The average molecular weight is 412 g/mol. The molecule has 0 atom stereocenters. The number of carbonyl (C=O) groups excluding carboxylic acids is 2. The quantitative estimate of drug-likeness (QED) is 0.653. The van der Waals surface area contributed by atoms with Crippen molar-refractivity contribution in [2.75, 3.05) is 11.9 Å². The highest BCUT2D eigenvalue weighted by Crippen LogP contribution is 2.30. The number of anilines is 1. The second kappa shape index (κ2) is 8.12. The molecule has 0 saturated carbocycles. The lowest BCUT2D eigenvalue weighted by molar-refractivity contribution is -0.128. The predicted molar refractivity (Wildman–Crippen MR) is 112 cm³/mol. The zero-order valence-electron chi connectivity index (χ0n) is 15.0. The molecule has 142 valence electrons. The fourth-order valence-corrected chi connectivity index (χ4v) is 4.08. The minimum absolute atomic E-state index is 0.194. The molecule has 1 aliphatic heterocycles. The molecule has 0 radical (unpaired) electrons. The first kappa shape index (κ1) is 18.7. The average Bonchev–Trinajstić information content (AvgIpc) is 3.32. The van der Waals surface area contributed by atoms with Crippen molar-refractivity contribution >= 4 is 39.9 Å². The van der Waals surface area contributed by atoms with Crippen LogP contribution in [0.1, 0.15) is 28.8 Å². The van der Waals surface area contributed by atoms with Crippen molar-refractivity contribution in [3.63, 3.8) is 0 Å². The number of hydrogen-bond acceptors (Lipinski definition) is 4. The van der Waals surface area contributed by atoms with Gasteiger partial charge in [0.2, 0.25) is 5.91 Å². The van der Waals surface area contributed by atoms with Gasteiger partial charge in [0.1, 0.15) is 0 Å². The van der Waals surface area contributed by atoms with E-state index in [1.165, 1.54) is 11.3 Å². The van der Waals surface area contributed by atoms with E-state index in [4.69, 9.17) is 11.6 Å². The molecule has 2 heterocycles. The van der Waals surface area contributed by atoms with E-state index >= 15 is 0 Å². The number of benzene rings is 2. The van der Waals surface area contributed by atoms with Crippen molar-refractivity contribution in [3.8, 4) is 11.3 Å². The molecule has 1 aliphatic rings. The first-order chi connectivity index (χ1) is 13.6. The van der Waals surface area contributed by atoms with Crippen molar-refractivity contribution in [1.29, 1.82) is 0 Å². The lowest BCUT2D eigenvalue weighted by Crippen LogP contribution is -2.23. The van der Waals surface area contributed by atoms with Gasteiger partial charge < -0.3 is 4.90 Å². The number of amides is 2. The summed E-state index contributed by atoms with van der Waals surface area (Å²) in [5.74, 6) is -0.0243. The van der Waals surface area contributed by atoms with Crippen molar-refractivity contribution in [3.05, 3.63) is 70.1 Å². The van der Waals surface area contributed by atoms with Gasteiger partial charge in [-0.15, -0.1) is 11.3 Å². The zero-order valence-corrected chi connectivity index (χ0v) is 16.6. The Balaban J connectivity index is 1.41. The number of carbonyl (C=O) groups is 2. The molecule has 1 saturated heterocycles. The van der Waals surface area contributed by atoms with Gasteiger partial charge >= 0.3 is 0 Å². The standard InChI is InChI=1S/C21H18ClN3O2S/c22-17-5-2-1-4-16(17)18-13-28-21(23-18)24-20(27)15-9-7-14(8-10-15)12-25-11-3-6-19(25)26/h1-2,4-5,7-10,13H,3,6,11-12H2,(H,23,24,27). The Morgan fingerprint density at radius 2 is 1.96 bits per heavy atom. The summed E-state index contributed by atoms with van der Waals surface area (Å²) >= 11 is 7.56. The van der Waals surface area contributed by atoms with Crippen LogP contribution in [0.25, 0.3) is 11.3 Å². The molecule has 7 heteroatoms. The van der Waals surface area contributed by atoms with Gasteiger partial charge in [-0.25, -0.2) is 4.98 Å². The van der Waals surface area contributed by atoms with Crippen LogP contribution in [0.4, 0.5) is 5.13 Å². The Morgan fingerprint density at radius 3 is 2.68 bits per heavy atom. The molecule has 0 aliphatic carbocycles. The predicted octanol–water partition coefficient (Wildman–Crippen LogP) is 4.84. The lowest BCUT2D eigenvalue weighted by atomic mass is 10.1. The molecule has 3 aromatic rings. The van der Waals surface area contributed by atoms with Gasteiger partial charge in [0.15, 0.2) is 5.13 Å². The van der Waals surface area contributed by atoms with Crippen LogP contribution in [0.2, 0.25) is 5.02 Å². The molecule has 0 unspecified atom stereocenters. The van der Waals surface area contributed by atoms with Crippen molar-refractivity contribution in [1.82, 2.24) is 9.88 Å². The summed E-state index contributed by atoms with van der Waals surface area (Å²) < 4.78 is 0. The Hall–Kier alpha value is -2.70. The molecule has 0 bridgehead atoms. The number of nitrogens with one attached hydrogen (secondary N) is 1. The van der Waals surface area contributed by atoms with Gasteiger partial charge in [-0.1, -0.05) is 41.9 Å². The van der Waals surface area contributed by atoms with E-state index in [1.807, 2.05) is 46.7 Å². The van der Waals surface area contributed by atoms with Crippen molar-refractivity contribution in [2.45, 2.75) is 19.4 Å². The van der Waals surface area contributed by atoms with Crippen LogP contribution in [-0.2, 0) is 11.3 Å².